The monoisotopic (exact) mass is 492 g/mol. The summed E-state index contributed by atoms with van der Waals surface area (Å²) in [6.45, 7) is 4.49. The van der Waals surface area contributed by atoms with Crippen LogP contribution in [0.2, 0.25) is 0 Å². The van der Waals surface area contributed by atoms with Crippen LogP contribution in [-0.2, 0) is 12.8 Å². The van der Waals surface area contributed by atoms with E-state index in [1.807, 2.05) is 60.7 Å². The van der Waals surface area contributed by atoms with Crippen LogP contribution in [0.15, 0.2) is 85.2 Å². The largest absolute Gasteiger partial charge is 0.372 e. The van der Waals surface area contributed by atoms with Gasteiger partial charge >= 0.3 is 0 Å². The lowest BCUT2D eigenvalue weighted by Gasteiger charge is -2.32. The summed E-state index contributed by atoms with van der Waals surface area (Å²) in [6.07, 6.45) is 6.36. The van der Waals surface area contributed by atoms with E-state index in [9.17, 15) is 9.59 Å². The van der Waals surface area contributed by atoms with Crippen LogP contribution in [0.25, 0.3) is 0 Å². The molecular formula is C31H32N4O2. The highest BCUT2D eigenvalue weighted by atomic mass is 16.1. The van der Waals surface area contributed by atoms with Gasteiger partial charge in [0.25, 0.3) is 0 Å². The average Bonchev–Trinajstić information content (AvgIpc) is 3.47. The first-order valence-corrected chi connectivity index (χ1v) is 12.9. The van der Waals surface area contributed by atoms with Gasteiger partial charge in [-0.05, 0) is 78.4 Å². The van der Waals surface area contributed by atoms with Crippen molar-refractivity contribution in [1.82, 2.24) is 9.97 Å². The van der Waals surface area contributed by atoms with Crippen molar-refractivity contribution < 1.29 is 9.59 Å². The van der Waals surface area contributed by atoms with Crippen molar-refractivity contribution in [2.75, 3.05) is 23.3 Å². The molecule has 1 aromatic heterocycles. The molecule has 0 amide bonds. The quantitative estimate of drug-likeness (QED) is 0.270. The molecule has 3 aromatic carbocycles. The molecule has 2 N–H and O–H groups in total. The average molecular weight is 493 g/mol. The fourth-order valence-electron chi connectivity index (χ4n) is 4.68. The normalized spacial score (nSPS) is 13.9. The molecule has 2 heterocycles. The topological polar surface area (TPSA) is 78.1 Å². The van der Waals surface area contributed by atoms with Crippen LogP contribution in [0, 0.1) is 5.92 Å². The lowest BCUT2D eigenvalue weighted by atomic mass is 9.98. The Morgan fingerprint density at radius 3 is 1.95 bits per heavy atom. The van der Waals surface area contributed by atoms with E-state index in [-0.39, 0.29) is 11.6 Å². The molecule has 1 saturated heterocycles. The van der Waals surface area contributed by atoms with Crippen LogP contribution in [0.3, 0.4) is 0 Å². The maximum absolute atomic E-state index is 12.8. The van der Waals surface area contributed by atoms with E-state index in [0.29, 0.717) is 18.7 Å². The van der Waals surface area contributed by atoms with Crippen molar-refractivity contribution in [2.45, 2.75) is 32.6 Å². The minimum absolute atomic E-state index is 0.0385. The number of benzene rings is 3. The van der Waals surface area contributed by atoms with Gasteiger partial charge in [-0.2, -0.15) is 0 Å². The van der Waals surface area contributed by atoms with Crippen molar-refractivity contribution in [3.63, 3.8) is 0 Å². The molecule has 1 aliphatic rings. The second kappa shape index (κ2) is 11.2. The van der Waals surface area contributed by atoms with Gasteiger partial charge < -0.3 is 15.2 Å². The summed E-state index contributed by atoms with van der Waals surface area (Å²) in [4.78, 5) is 34.3. The molecule has 0 aliphatic carbocycles. The summed E-state index contributed by atoms with van der Waals surface area (Å²) in [5, 5.41) is 3.37. The zero-order chi connectivity index (χ0) is 25.6. The third-order valence-electron chi connectivity index (χ3n) is 7.03. The number of Topliss-reactive ketones (excluding diaryl/α,β-unsaturated/α-hetero) is 2. The third-order valence-corrected chi connectivity index (χ3v) is 7.03. The van der Waals surface area contributed by atoms with Crippen molar-refractivity contribution in [3.8, 4) is 0 Å². The Hall–Kier alpha value is -4.19. The fourth-order valence-corrected chi connectivity index (χ4v) is 4.68. The van der Waals surface area contributed by atoms with Crippen molar-refractivity contribution >= 4 is 28.6 Å². The number of hydrogen-bond donors (Lipinski definition) is 2. The Bertz CT molecular complexity index is 1320. The summed E-state index contributed by atoms with van der Waals surface area (Å²) in [5.74, 6) is 1.27. The Balaban J connectivity index is 1.13. The highest BCUT2D eigenvalue weighted by Gasteiger charge is 2.16. The molecule has 5 rings (SSSR count). The summed E-state index contributed by atoms with van der Waals surface area (Å²) >= 11 is 0. The maximum Gasteiger partial charge on any atom is 0.202 e. The summed E-state index contributed by atoms with van der Waals surface area (Å²) in [6, 6.07) is 23.8. The maximum atomic E-state index is 12.8. The second-order valence-electron chi connectivity index (χ2n) is 9.87. The number of nitrogens with one attached hydrogen (secondary N) is 2. The fraction of sp³-hybridized carbons (Fsp3) is 0.258. The smallest absolute Gasteiger partial charge is 0.202 e. The molecule has 0 atom stereocenters. The minimum Gasteiger partial charge on any atom is -0.372 e. The summed E-state index contributed by atoms with van der Waals surface area (Å²) in [7, 11) is 0. The van der Waals surface area contributed by atoms with Gasteiger partial charge in [-0.1, -0.05) is 31.2 Å². The number of aromatic amines is 1. The molecule has 1 aliphatic heterocycles. The van der Waals surface area contributed by atoms with Crippen LogP contribution < -0.4 is 10.2 Å². The zero-order valence-electron chi connectivity index (χ0n) is 21.1. The molecule has 6 heteroatoms. The first-order chi connectivity index (χ1) is 18.0. The van der Waals surface area contributed by atoms with E-state index in [1.54, 1.807) is 12.4 Å². The molecular weight excluding hydrogens is 460 g/mol. The molecule has 0 saturated carbocycles. The van der Waals surface area contributed by atoms with E-state index in [1.165, 1.54) is 18.5 Å². The van der Waals surface area contributed by atoms with Crippen LogP contribution in [-0.4, -0.2) is 34.6 Å². The van der Waals surface area contributed by atoms with Crippen molar-refractivity contribution in [2.24, 2.45) is 5.92 Å². The molecule has 0 unspecified atom stereocenters. The number of piperidine rings is 1. The first kappa shape index (κ1) is 24.5. The van der Waals surface area contributed by atoms with Gasteiger partial charge in [0.2, 0.25) is 5.78 Å². The number of imidazole rings is 1. The minimum atomic E-state index is -0.0385. The molecule has 6 nitrogen and oxygen atoms in total. The second-order valence-corrected chi connectivity index (χ2v) is 9.87. The predicted octanol–water partition coefficient (Wildman–Crippen LogP) is 6.24. The Kier molecular flexibility index (Phi) is 7.45. The van der Waals surface area contributed by atoms with Gasteiger partial charge in [-0.15, -0.1) is 0 Å². The van der Waals surface area contributed by atoms with Crippen LogP contribution >= 0.6 is 0 Å². The van der Waals surface area contributed by atoms with Crippen molar-refractivity contribution in [3.05, 3.63) is 108 Å². The predicted molar refractivity (Wildman–Crippen MR) is 148 cm³/mol. The molecule has 0 radical (unpaired) electrons. The Morgan fingerprint density at radius 2 is 1.41 bits per heavy atom. The van der Waals surface area contributed by atoms with Gasteiger partial charge in [0.1, 0.15) is 0 Å². The van der Waals surface area contributed by atoms with E-state index < -0.39 is 0 Å². The molecule has 37 heavy (non-hydrogen) atoms. The van der Waals surface area contributed by atoms with Crippen molar-refractivity contribution in [1.29, 1.82) is 0 Å². The number of ketones is 2. The molecule has 0 bridgehead atoms. The molecule has 4 aromatic rings. The SMILES string of the molecule is CC1CCN(c2ccc(C(=O)Cc3ccc(Nc4ccc(CC(=O)c5ncc[nH]5)cc4)cc3)cc2)CC1. The molecule has 0 spiro atoms. The number of hydrogen-bond acceptors (Lipinski definition) is 5. The van der Waals surface area contributed by atoms with Gasteiger partial charge in [-0.25, -0.2) is 4.98 Å². The van der Waals surface area contributed by atoms with E-state index >= 15 is 0 Å². The third kappa shape index (κ3) is 6.33. The highest BCUT2D eigenvalue weighted by molar-refractivity contribution is 5.98. The van der Waals surface area contributed by atoms with Gasteiger partial charge in [-0.3, -0.25) is 9.59 Å². The van der Waals surface area contributed by atoms with Gasteiger partial charge in [0.05, 0.1) is 0 Å². The standard InChI is InChI=1S/C31H32N4O2/c1-22-14-18-35(19-15-22)28-12-6-25(7-13-28)29(36)20-23-2-8-26(9-3-23)34-27-10-4-24(5-11-27)21-30(37)31-32-16-17-33-31/h2-13,16-17,22,34H,14-15,18-21H2,1H3,(H,32,33). The number of anilines is 3. The lowest BCUT2D eigenvalue weighted by molar-refractivity contribution is 0.0979. The van der Waals surface area contributed by atoms with E-state index in [0.717, 1.165) is 47.1 Å². The first-order valence-electron chi connectivity index (χ1n) is 12.9. The van der Waals surface area contributed by atoms with Crippen LogP contribution in [0.4, 0.5) is 17.1 Å². The number of carbonyl (C=O) groups excluding carboxylic acids is 2. The molecule has 188 valence electrons. The number of nitrogens with zero attached hydrogens (tertiary/aromatic N) is 2. The number of rotatable bonds is 9. The highest BCUT2D eigenvalue weighted by Crippen LogP contribution is 2.24. The van der Waals surface area contributed by atoms with Crippen LogP contribution in [0.5, 0.6) is 0 Å². The van der Waals surface area contributed by atoms with Gasteiger partial charge in [0, 0.05) is 61.0 Å². The Labute approximate surface area is 217 Å². The van der Waals surface area contributed by atoms with E-state index in [4.69, 9.17) is 0 Å². The van der Waals surface area contributed by atoms with E-state index in [2.05, 4.69) is 39.2 Å². The number of carbonyl (C=O) groups is 2. The lowest BCUT2D eigenvalue weighted by Crippen LogP contribution is -2.32. The summed E-state index contributed by atoms with van der Waals surface area (Å²) < 4.78 is 0. The number of H-pyrrole nitrogens is 1. The van der Waals surface area contributed by atoms with Gasteiger partial charge in [0.15, 0.2) is 11.6 Å². The summed E-state index contributed by atoms with van der Waals surface area (Å²) in [5.41, 5.74) is 5.74. The van der Waals surface area contributed by atoms with Crippen LogP contribution in [0.1, 0.15) is 51.9 Å². The Morgan fingerprint density at radius 1 is 0.838 bits per heavy atom. The zero-order valence-corrected chi connectivity index (χ0v) is 21.1. The number of aromatic nitrogens is 2. The molecule has 1 fully saturated rings.